The van der Waals surface area contributed by atoms with Crippen molar-refractivity contribution in [1.82, 2.24) is 9.66 Å². The van der Waals surface area contributed by atoms with E-state index in [9.17, 15) is 4.79 Å². The van der Waals surface area contributed by atoms with Crippen LogP contribution in [-0.2, 0) is 6.61 Å². The number of ether oxygens (including phenoxy) is 2. The van der Waals surface area contributed by atoms with E-state index in [1.54, 1.807) is 49.7 Å². The second-order valence-electron chi connectivity index (χ2n) is 9.01. The third-order valence-corrected chi connectivity index (χ3v) is 7.92. The van der Waals surface area contributed by atoms with Gasteiger partial charge in [0.15, 0.2) is 5.76 Å². The third-order valence-electron chi connectivity index (χ3n) is 6.39. The van der Waals surface area contributed by atoms with E-state index in [4.69, 9.17) is 30.5 Å². The van der Waals surface area contributed by atoms with Gasteiger partial charge in [-0.05, 0) is 66.2 Å². The summed E-state index contributed by atoms with van der Waals surface area (Å²) in [5.74, 6) is 1.82. The SMILES string of the molecule is COc1cccc2oc(-c3nc4ccccc4c(=O)n3N=Cc3ccc(OCc4ccc(Br)cc4Br)c(Cl)c3)cc12. The molecule has 0 aliphatic heterocycles. The number of benzene rings is 4. The van der Waals surface area contributed by atoms with Crippen LogP contribution in [0.4, 0.5) is 0 Å². The average molecular weight is 694 g/mol. The largest absolute Gasteiger partial charge is 0.496 e. The van der Waals surface area contributed by atoms with Crippen molar-refractivity contribution in [3.8, 4) is 23.1 Å². The molecule has 2 heterocycles. The van der Waals surface area contributed by atoms with E-state index in [0.717, 1.165) is 19.9 Å². The molecule has 2 aromatic heterocycles. The number of halogens is 3. The van der Waals surface area contributed by atoms with E-state index in [-0.39, 0.29) is 11.4 Å². The van der Waals surface area contributed by atoms with Crippen molar-refractivity contribution in [2.45, 2.75) is 6.61 Å². The third kappa shape index (κ3) is 5.53. The summed E-state index contributed by atoms with van der Waals surface area (Å²) < 4.78 is 20.6. The molecule has 0 saturated heterocycles. The number of hydrogen-bond acceptors (Lipinski definition) is 6. The van der Waals surface area contributed by atoms with E-state index in [1.807, 2.05) is 48.5 Å². The van der Waals surface area contributed by atoms with Gasteiger partial charge in [0.1, 0.15) is 23.7 Å². The van der Waals surface area contributed by atoms with Gasteiger partial charge in [0.2, 0.25) is 5.82 Å². The Morgan fingerprint density at radius 3 is 2.63 bits per heavy atom. The molecule has 0 N–H and O–H groups in total. The van der Waals surface area contributed by atoms with Crippen molar-refractivity contribution in [2.75, 3.05) is 7.11 Å². The first kappa shape index (κ1) is 27.3. The maximum absolute atomic E-state index is 13.6. The van der Waals surface area contributed by atoms with Crippen LogP contribution in [0.1, 0.15) is 11.1 Å². The molecule has 10 heteroatoms. The summed E-state index contributed by atoms with van der Waals surface area (Å²) in [6.45, 7) is 0.338. The van der Waals surface area contributed by atoms with Crippen LogP contribution >= 0.6 is 43.5 Å². The molecule has 0 aliphatic rings. The van der Waals surface area contributed by atoms with Crippen molar-refractivity contribution >= 4 is 71.5 Å². The Morgan fingerprint density at radius 1 is 0.976 bits per heavy atom. The second-order valence-corrected chi connectivity index (χ2v) is 11.2. The minimum absolute atomic E-state index is 0.259. The molecule has 4 aromatic carbocycles. The Labute approximate surface area is 256 Å². The Hall–Kier alpha value is -3.92. The first-order valence-corrected chi connectivity index (χ1v) is 14.4. The van der Waals surface area contributed by atoms with E-state index in [2.05, 4.69) is 37.0 Å². The Kier molecular flexibility index (Phi) is 7.66. The Morgan fingerprint density at radius 2 is 1.83 bits per heavy atom. The smallest absolute Gasteiger partial charge is 0.282 e. The zero-order valence-electron chi connectivity index (χ0n) is 21.5. The number of para-hydroxylation sites is 1. The van der Waals surface area contributed by atoms with Crippen molar-refractivity contribution in [2.24, 2.45) is 5.10 Å². The van der Waals surface area contributed by atoms with Crippen molar-refractivity contribution < 1.29 is 13.9 Å². The van der Waals surface area contributed by atoms with Crippen LogP contribution in [0, 0.1) is 0 Å². The Bertz CT molecular complexity index is 2020. The van der Waals surface area contributed by atoms with Crippen LogP contribution in [0.3, 0.4) is 0 Å². The summed E-state index contributed by atoms with van der Waals surface area (Å²) in [5.41, 5.74) is 2.46. The molecule has 6 aromatic rings. The van der Waals surface area contributed by atoms with Gasteiger partial charge in [-0.3, -0.25) is 4.79 Å². The summed E-state index contributed by atoms with van der Waals surface area (Å²) in [6, 6.07) is 25.6. The van der Waals surface area contributed by atoms with Crippen molar-refractivity contribution in [1.29, 1.82) is 0 Å². The molecule has 6 rings (SSSR count). The van der Waals surface area contributed by atoms with Crippen LogP contribution in [0.5, 0.6) is 11.5 Å². The number of methoxy groups -OCH3 is 1. The van der Waals surface area contributed by atoms with Crippen LogP contribution < -0.4 is 15.0 Å². The minimum atomic E-state index is -0.333. The highest BCUT2D eigenvalue weighted by atomic mass is 79.9. The highest BCUT2D eigenvalue weighted by Crippen LogP contribution is 2.33. The number of fused-ring (bicyclic) bond motifs is 2. The van der Waals surface area contributed by atoms with E-state index in [0.29, 0.717) is 50.9 Å². The standard InChI is InChI=1S/C31H20Br2ClN3O4/c1-39-26-7-4-8-27-22(26)15-29(41-27)30-36-25-6-3-2-5-21(25)31(38)37(30)35-16-18-9-12-28(24(34)13-18)40-17-19-10-11-20(32)14-23(19)33/h2-16H,17H2,1H3. The summed E-state index contributed by atoms with van der Waals surface area (Å²) in [5, 5.41) is 6.13. The monoisotopic (exact) mass is 691 g/mol. The van der Waals surface area contributed by atoms with Gasteiger partial charge in [-0.15, -0.1) is 0 Å². The number of furan rings is 1. The molecular formula is C31H20Br2ClN3O4. The molecule has 0 atom stereocenters. The minimum Gasteiger partial charge on any atom is -0.496 e. The molecular weight excluding hydrogens is 674 g/mol. The summed E-state index contributed by atoms with van der Waals surface area (Å²) in [7, 11) is 1.59. The van der Waals surface area contributed by atoms with E-state index in [1.165, 1.54) is 4.68 Å². The van der Waals surface area contributed by atoms with Gasteiger partial charge in [-0.1, -0.05) is 67.7 Å². The molecule has 41 heavy (non-hydrogen) atoms. The van der Waals surface area contributed by atoms with E-state index < -0.39 is 0 Å². The van der Waals surface area contributed by atoms with Gasteiger partial charge < -0.3 is 13.9 Å². The van der Waals surface area contributed by atoms with Gasteiger partial charge in [0, 0.05) is 14.5 Å². The average Bonchev–Trinajstić information content (AvgIpc) is 3.41. The van der Waals surface area contributed by atoms with Crippen LogP contribution in [0.15, 0.2) is 108 Å². The highest BCUT2D eigenvalue weighted by molar-refractivity contribution is 9.11. The first-order valence-electron chi connectivity index (χ1n) is 12.4. The lowest BCUT2D eigenvalue weighted by atomic mass is 10.2. The fourth-order valence-electron chi connectivity index (χ4n) is 4.35. The molecule has 0 unspecified atom stereocenters. The lowest BCUT2D eigenvalue weighted by Crippen LogP contribution is -2.20. The summed E-state index contributed by atoms with van der Waals surface area (Å²) >= 11 is 13.5. The number of nitrogens with zero attached hydrogens (tertiary/aromatic N) is 3. The lowest BCUT2D eigenvalue weighted by Gasteiger charge is -2.10. The predicted molar refractivity (Wildman–Crippen MR) is 168 cm³/mol. The van der Waals surface area contributed by atoms with Crippen LogP contribution in [-0.4, -0.2) is 23.0 Å². The van der Waals surface area contributed by atoms with Gasteiger partial charge in [0.25, 0.3) is 5.56 Å². The zero-order valence-corrected chi connectivity index (χ0v) is 25.4. The van der Waals surface area contributed by atoms with Gasteiger partial charge in [-0.2, -0.15) is 9.78 Å². The van der Waals surface area contributed by atoms with Crippen molar-refractivity contribution in [3.05, 3.63) is 120 Å². The topological polar surface area (TPSA) is 78.9 Å². The number of rotatable bonds is 7. The van der Waals surface area contributed by atoms with Gasteiger partial charge in [-0.25, -0.2) is 4.98 Å². The predicted octanol–water partition coefficient (Wildman–Crippen LogP) is 8.46. The number of aromatic nitrogens is 2. The van der Waals surface area contributed by atoms with Crippen LogP contribution in [0.2, 0.25) is 5.02 Å². The molecule has 0 aliphatic carbocycles. The molecule has 0 spiro atoms. The summed E-state index contributed by atoms with van der Waals surface area (Å²) in [6.07, 6.45) is 1.55. The molecule has 0 fully saturated rings. The zero-order chi connectivity index (χ0) is 28.5. The fourth-order valence-corrected chi connectivity index (χ4v) is 5.75. The molecule has 0 amide bonds. The molecule has 0 saturated carbocycles. The molecule has 0 radical (unpaired) electrons. The van der Waals surface area contributed by atoms with Gasteiger partial charge in [0.05, 0.1) is 34.6 Å². The maximum Gasteiger partial charge on any atom is 0.282 e. The number of hydrogen-bond donors (Lipinski definition) is 0. The normalized spacial score (nSPS) is 11.5. The maximum atomic E-state index is 13.6. The lowest BCUT2D eigenvalue weighted by molar-refractivity contribution is 0.305. The first-order chi connectivity index (χ1) is 19.9. The highest BCUT2D eigenvalue weighted by Gasteiger charge is 2.18. The molecule has 204 valence electrons. The molecule has 0 bridgehead atoms. The summed E-state index contributed by atoms with van der Waals surface area (Å²) in [4.78, 5) is 18.3. The fraction of sp³-hybridized carbons (Fsp3) is 0.0645. The molecule has 7 nitrogen and oxygen atoms in total. The van der Waals surface area contributed by atoms with Crippen LogP contribution in [0.25, 0.3) is 33.5 Å². The quantitative estimate of drug-likeness (QED) is 0.157. The van der Waals surface area contributed by atoms with Crippen molar-refractivity contribution in [3.63, 3.8) is 0 Å². The van der Waals surface area contributed by atoms with Gasteiger partial charge >= 0.3 is 0 Å². The van der Waals surface area contributed by atoms with E-state index >= 15 is 0 Å². The Balaban J connectivity index is 1.35. The second kappa shape index (κ2) is 11.5.